The first-order valence-electron chi connectivity index (χ1n) is 5.87. The Morgan fingerprint density at radius 3 is 2.79 bits per heavy atom. The summed E-state index contributed by atoms with van der Waals surface area (Å²) >= 11 is 0. The van der Waals surface area contributed by atoms with Gasteiger partial charge in [0.1, 0.15) is 11.5 Å². The molecule has 0 aliphatic heterocycles. The lowest BCUT2D eigenvalue weighted by atomic mass is 10.2. The number of rotatable bonds is 3. The second-order valence-electron chi connectivity index (χ2n) is 4.06. The average molecular weight is 252 g/mol. The van der Waals surface area contributed by atoms with Gasteiger partial charge in [-0.05, 0) is 24.3 Å². The highest BCUT2D eigenvalue weighted by molar-refractivity contribution is 6.03. The zero-order valence-electron chi connectivity index (χ0n) is 10.1. The minimum absolute atomic E-state index is 0.165. The van der Waals surface area contributed by atoms with Gasteiger partial charge < -0.3 is 15.3 Å². The molecule has 0 saturated carbocycles. The number of benzene rings is 1. The number of anilines is 1. The first-order valence-corrected chi connectivity index (χ1v) is 5.87. The van der Waals surface area contributed by atoms with E-state index in [2.05, 4.69) is 20.3 Å². The van der Waals surface area contributed by atoms with Crippen molar-refractivity contribution in [1.29, 1.82) is 0 Å². The molecule has 5 nitrogen and oxygen atoms in total. The van der Waals surface area contributed by atoms with Crippen molar-refractivity contribution >= 4 is 11.6 Å². The van der Waals surface area contributed by atoms with E-state index in [1.165, 1.54) is 0 Å². The van der Waals surface area contributed by atoms with Crippen LogP contribution in [0.3, 0.4) is 0 Å². The van der Waals surface area contributed by atoms with Crippen LogP contribution in [0.4, 0.5) is 5.69 Å². The molecule has 3 aromatic rings. The Kier molecular flexibility index (Phi) is 2.86. The van der Waals surface area contributed by atoms with Crippen LogP contribution in [-0.2, 0) is 0 Å². The van der Waals surface area contributed by atoms with E-state index in [-0.39, 0.29) is 5.91 Å². The number of carbonyl (C=O) groups excluding carboxylic acids is 1. The monoisotopic (exact) mass is 252 g/mol. The maximum atomic E-state index is 11.9. The van der Waals surface area contributed by atoms with E-state index in [0.29, 0.717) is 5.69 Å². The van der Waals surface area contributed by atoms with Crippen LogP contribution in [0.15, 0.2) is 55.0 Å². The largest absolute Gasteiger partial charge is 0.357 e. The lowest BCUT2D eigenvalue weighted by Gasteiger charge is -2.05. The topological polar surface area (TPSA) is 73.6 Å². The van der Waals surface area contributed by atoms with Crippen LogP contribution < -0.4 is 5.32 Å². The third-order valence-electron chi connectivity index (χ3n) is 2.73. The molecule has 1 amide bonds. The SMILES string of the molecule is O=C(Nc1cccc(-c2ncc[nH]2)c1)c1ccc[nH]1. The normalized spacial score (nSPS) is 10.3. The number of nitrogens with zero attached hydrogens (tertiary/aromatic N) is 1. The van der Waals surface area contributed by atoms with Crippen molar-refractivity contribution in [1.82, 2.24) is 15.0 Å². The van der Waals surface area contributed by atoms with Gasteiger partial charge in [0.15, 0.2) is 0 Å². The molecule has 0 aliphatic carbocycles. The molecule has 2 heterocycles. The van der Waals surface area contributed by atoms with E-state index in [4.69, 9.17) is 0 Å². The zero-order chi connectivity index (χ0) is 13.1. The highest BCUT2D eigenvalue weighted by Gasteiger charge is 2.07. The minimum Gasteiger partial charge on any atom is -0.357 e. The number of hydrogen-bond acceptors (Lipinski definition) is 2. The van der Waals surface area contributed by atoms with Crippen molar-refractivity contribution in [2.24, 2.45) is 0 Å². The summed E-state index contributed by atoms with van der Waals surface area (Å²) in [5, 5.41) is 2.83. The van der Waals surface area contributed by atoms with Crippen LogP contribution in [0, 0.1) is 0 Å². The smallest absolute Gasteiger partial charge is 0.272 e. The lowest BCUT2D eigenvalue weighted by Crippen LogP contribution is -2.12. The number of imidazole rings is 1. The number of aromatic amines is 2. The van der Waals surface area contributed by atoms with Crippen LogP contribution in [0.5, 0.6) is 0 Å². The number of amides is 1. The fourth-order valence-electron chi connectivity index (χ4n) is 1.84. The van der Waals surface area contributed by atoms with Crippen molar-refractivity contribution in [3.8, 4) is 11.4 Å². The Labute approximate surface area is 109 Å². The second-order valence-corrected chi connectivity index (χ2v) is 4.06. The Bertz CT molecular complexity index is 671. The van der Waals surface area contributed by atoms with Gasteiger partial charge in [0.25, 0.3) is 5.91 Å². The second kappa shape index (κ2) is 4.81. The molecule has 1 aromatic carbocycles. The van der Waals surface area contributed by atoms with E-state index in [0.717, 1.165) is 17.1 Å². The summed E-state index contributed by atoms with van der Waals surface area (Å²) in [4.78, 5) is 22.0. The maximum absolute atomic E-state index is 11.9. The molecule has 2 aromatic heterocycles. The Balaban J connectivity index is 1.82. The fraction of sp³-hybridized carbons (Fsp3) is 0. The minimum atomic E-state index is -0.165. The molecule has 5 heteroatoms. The number of carbonyl (C=O) groups is 1. The van der Waals surface area contributed by atoms with Gasteiger partial charge in [-0.3, -0.25) is 4.79 Å². The van der Waals surface area contributed by atoms with Crippen LogP contribution in [-0.4, -0.2) is 20.9 Å². The van der Waals surface area contributed by atoms with Crippen molar-refractivity contribution in [2.45, 2.75) is 0 Å². The molecule has 3 rings (SSSR count). The van der Waals surface area contributed by atoms with Crippen molar-refractivity contribution in [3.05, 3.63) is 60.7 Å². The molecule has 0 atom stereocenters. The molecule has 0 spiro atoms. The van der Waals surface area contributed by atoms with Gasteiger partial charge >= 0.3 is 0 Å². The van der Waals surface area contributed by atoms with Gasteiger partial charge in [-0.25, -0.2) is 4.98 Å². The van der Waals surface area contributed by atoms with E-state index < -0.39 is 0 Å². The lowest BCUT2D eigenvalue weighted by molar-refractivity contribution is 0.102. The van der Waals surface area contributed by atoms with Crippen LogP contribution >= 0.6 is 0 Å². The molecular weight excluding hydrogens is 240 g/mol. The van der Waals surface area contributed by atoms with Gasteiger partial charge in [-0.15, -0.1) is 0 Å². The van der Waals surface area contributed by atoms with Gasteiger partial charge in [0, 0.05) is 29.8 Å². The van der Waals surface area contributed by atoms with Crippen molar-refractivity contribution < 1.29 is 4.79 Å². The molecule has 0 bridgehead atoms. The number of nitrogens with one attached hydrogen (secondary N) is 3. The summed E-state index contributed by atoms with van der Waals surface area (Å²) in [6.07, 6.45) is 5.17. The number of hydrogen-bond donors (Lipinski definition) is 3. The summed E-state index contributed by atoms with van der Waals surface area (Å²) in [7, 11) is 0. The van der Waals surface area contributed by atoms with Gasteiger partial charge in [0.2, 0.25) is 0 Å². The van der Waals surface area contributed by atoms with Crippen LogP contribution in [0.25, 0.3) is 11.4 Å². The summed E-state index contributed by atoms with van der Waals surface area (Å²) in [6, 6.07) is 11.0. The number of aromatic nitrogens is 3. The van der Waals surface area contributed by atoms with E-state index in [1.807, 2.05) is 24.3 Å². The highest BCUT2D eigenvalue weighted by Crippen LogP contribution is 2.19. The summed E-state index contributed by atoms with van der Waals surface area (Å²) in [5.74, 6) is 0.609. The third kappa shape index (κ3) is 2.40. The molecule has 3 N–H and O–H groups in total. The molecule has 0 aliphatic rings. The van der Waals surface area contributed by atoms with Crippen molar-refractivity contribution in [2.75, 3.05) is 5.32 Å². The Hall–Kier alpha value is -2.82. The van der Waals surface area contributed by atoms with Crippen LogP contribution in [0.1, 0.15) is 10.5 Å². The standard InChI is InChI=1S/C14H12N4O/c19-14(12-5-2-6-15-12)18-11-4-1-3-10(9-11)13-16-7-8-17-13/h1-9,15H,(H,16,17)(H,18,19). The van der Waals surface area contributed by atoms with Gasteiger partial charge in [-0.2, -0.15) is 0 Å². The van der Waals surface area contributed by atoms with E-state index in [9.17, 15) is 4.79 Å². The summed E-state index contributed by atoms with van der Waals surface area (Å²) < 4.78 is 0. The predicted octanol–water partition coefficient (Wildman–Crippen LogP) is 2.66. The number of H-pyrrole nitrogens is 2. The molecule has 19 heavy (non-hydrogen) atoms. The highest BCUT2D eigenvalue weighted by atomic mass is 16.1. The molecule has 0 saturated heterocycles. The molecule has 0 radical (unpaired) electrons. The molecule has 94 valence electrons. The van der Waals surface area contributed by atoms with Crippen LogP contribution in [0.2, 0.25) is 0 Å². The maximum Gasteiger partial charge on any atom is 0.272 e. The quantitative estimate of drug-likeness (QED) is 0.670. The van der Waals surface area contributed by atoms with E-state index in [1.54, 1.807) is 30.7 Å². The third-order valence-corrected chi connectivity index (χ3v) is 2.73. The van der Waals surface area contributed by atoms with E-state index >= 15 is 0 Å². The predicted molar refractivity (Wildman–Crippen MR) is 72.8 cm³/mol. The van der Waals surface area contributed by atoms with Gasteiger partial charge in [-0.1, -0.05) is 12.1 Å². The molecular formula is C14H12N4O. The average Bonchev–Trinajstić information content (AvgIpc) is 3.13. The summed E-state index contributed by atoms with van der Waals surface area (Å²) in [5.41, 5.74) is 2.19. The summed E-state index contributed by atoms with van der Waals surface area (Å²) in [6.45, 7) is 0. The first kappa shape index (κ1) is 11.3. The van der Waals surface area contributed by atoms with Gasteiger partial charge in [0.05, 0.1) is 0 Å². The fourth-order valence-corrected chi connectivity index (χ4v) is 1.84. The molecule has 0 fully saturated rings. The molecule has 0 unspecified atom stereocenters. The zero-order valence-corrected chi connectivity index (χ0v) is 10.1. The Morgan fingerprint density at radius 1 is 1.11 bits per heavy atom. The van der Waals surface area contributed by atoms with Crippen molar-refractivity contribution in [3.63, 3.8) is 0 Å². The Morgan fingerprint density at radius 2 is 2.05 bits per heavy atom. The first-order chi connectivity index (χ1) is 9.33.